The molecule has 0 unspecified atom stereocenters. The molecule has 0 aliphatic rings. The van der Waals surface area contributed by atoms with Gasteiger partial charge in [0.2, 0.25) is 0 Å². The lowest BCUT2D eigenvalue weighted by molar-refractivity contribution is -0.141. The molecule has 0 aliphatic heterocycles. The van der Waals surface area contributed by atoms with Crippen LogP contribution in [0.2, 0.25) is 5.02 Å². The molecule has 10 heteroatoms. The van der Waals surface area contributed by atoms with Crippen molar-refractivity contribution in [1.82, 2.24) is 4.98 Å². The molecule has 1 heterocycles. The van der Waals surface area contributed by atoms with Gasteiger partial charge < -0.3 is 14.7 Å². The molecule has 34 heavy (non-hydrogen) atoms. The van der Waals surface area contributed by atoms with Gasteiger partial charge in [-0.2, -0.15) is 13.2 Å². The summed E-state index contributed by atoms with van der Waals surface area (Å²) in [5, 5.41) is 9.06. The topological polar surface area (TPSA) is 79.7 Å². The largest absolute Gasteiger partial charge is 0.491 e. The summed E-state index contributed by atoms with van der Waals surface area (Å²) in [5.74, 6) is -1.11. The maximum Gasteiger partial charge on any atom is 0.433 e. The molecule has 0 radical (unpaired) electrons. The van der Waals surface area contributed by atoms with Gasteiger partial charge in [-0.15, -0.1) is 0 Å². The molecule has 1 N–H and O–H groups in total. The predicted molar refractivity (Wildman–Crippen MR) is 121 cm³/mol. The van der Waals surface area contributed by atoms with E-state index in [1.54, 1.807) is 24.3 Å². The van der Waals surface area contributed by atoms with Crippen LogP contribution in [-0.4, -0.2) is 35.6 Å². The summed E-state index contributed by atoms with van der Waals surface area (Å²) in [5.41, 5.74) is 0.678. The Hall–Kier alpha value is -3.59. The van der Waals surface area contributed by atoms with Gasteiger partial charge in [-0.3, -0.25) is 14.6 Å². The van der Waals surface area contributed by atoms with Crippen LogP contribution < -0.4 is 9.64 Å². The molecule has 1 aromatic heterocycles. The first kappa shape index (κ1) is 25.0. The highest BCUT2D eigenvalue weighted by atomic mass is 35.5. The number of aliphatic carboxylic acids is 1. The van der Waals surface area contributed by atoms with Gasteiger partial charge in [0.25, 0.3) is 5.91 Å². The molecule has 0 saturated heterocycles. The minimum Gasteiger partial charge on any atom is -0.491 e. The number of alkyl halides is 3. The van der Waals surface area contributed by atoms with Crippen LogP contribution in [-0.2, 0) is 11.0 Å². The maximum absolute atomic E-state index is 13.2. The zero-order valence-electron chi connectivity index (χ0n) is 18.2. The number of carbonyl (C=O) groups is 2. The Balaban J connectivity index is 1.92. The van der Waals surface area contributed by atoms with Gasteiger partial charge in [0.05, 0.1) is 18.7 Å². The highest BCUT2D eigenvalue weighted by Gasteiger charge is 2.33. The van der Waals surface area contributed by atoms with Crippen molar-refractivity contribution < 1.29 is 32.6 Å². The molecule has 3 aromatic rings. The number of hydrogen-bond acceptors (Lipinski definition) is 4. The first-order valence-corrected chi connectivity index (χ1v) is 10.4. The van der Waals surface area contributed by atoms with Crippen LogP contribution in [0, 0.1) is 6.92 Å². The highest BCUT2D eigenvalue weighted by molar-refractivity contribution is 6.33. The number of carboxylic acid groups (broad SMARTS) is 1. The number of para-hydroxylation sites is 2. The Morgan fingerprint density at radius 1 is 1.12 bits per heavy atom. The number of aryl methyl sites for hydroxylation is 1. The third kappa shape index (κ3) is 5.66. The number of benzene rings is 2. The molecule has 0 aliphatic carbocycles. The number of anilines is 1. The molecule has 0 fully saturated rings. The summed E-state index contributed by atoms with van der Waals surface area (Å²) < 4.78 is 44.4. The van der Waals surface area contributed by atoms with Crippen LogP contribution in [0.3, 0.4) is 0 Å². The summed E-state index contributed by atoms with van der Waals surface area (Å²) in [4.78, 5) is 28.8. The van der Waals surface area contributed by atoms with Crippen LogP contribution in [0.4, 0.5) is 18.9 Å². The SMILES string of the molecule is Cc1cc(C(F)(F)F)ncc1-c1cc(C(=O)N(C)c2ccccc2OCCC(=O)O)ccc1Cl. The van der Waals surface area contributed by atoms with Gasteiger partial charge in [0, 0.05) is 35.0 Å². The van der Waals surface area contributed by atoms with E-state index in [0.717, 1.165) is 12.3 Å². The van der Waals surface area contributed by atoms with Crippen LogP contribution >= 0.6 is 11.6 Å². The van der Waals surface area contributed by atoms with Crippen molar-refractivity contribution in [3.8, 4) is 16.9 Å². The van der Waals surface area contributed by atoms with E-state index >= 15 is 0 Å². The number of hydrogen-bond donors (Lipinski definition) is 1. The van der Waals surface area contributed by atoms with E-state index in [1.807, 2.05) is 0 Å². The second kappa shape index (κ2) is 10.1. The van der Waals surface area contributed by atoms with Gasteiger partial charge >= 0.3 is 12.1 Å². The molecule has 0 saturated carbocycles. The fourth-order valence-corrected chi connectivity index (χ4v) is 3.48. The maximum atomic E-state index is 13.2. The molecular weight excluding hydrogens is 473 g/mol. The standard InChI is InChI=1S/C24H20ClF3N2O4/c1-14-11-21(24(26,27)28)29-13-17(14)16-12-15(7-8-18(16)25)23(33)30(2)19-5-3-4-6-20(19)34-10-9-22(31)32/h3-8,11-13H,9-10H2,1-2H3,(H,31,32). The predicted octanol–water partition coefficient (Wildman–Crippen LogP) is 5.86. The van der Waals surface area contributed by atoms with E-state index in [2.05, 4.69) is 4.98 Å². The molecule has 178 valence electrons. The smallest absolute Gasteiger partial charge is 0.433 e. The minimum atomic E-state index is -4.58. The van der Waals surface area contributed by atoms with Gasteiger partial charge in [-0.25, -0.2) is 0 Å². The summed E-state index contributed by atoms with van der Waals surface area (Å²) in [6, 6.07) is 12.1. The molecule has 0 spiro atoms. The fraction of sp³-hybridized carbons (Fsp3) is 0.208. The van der Waals surface area contributed by atoms with Crippen molar-refractivity contribution in [3.63, 3.8) is 0 Å². The summed E-state index contributed by atoms with van der Waals surface area (Å²) >= 11 is 6.30. The van der Waals surface area contributed by atoms with E-state index in [4.69, 9.17) is 21.4 Å². The molecule has 0 bridgehead atoms. The van der Waals surface area contributed by atoms with Crippen LogP contribution in [0.25, 0.3) is 11.1 Å². The lowest BCUT2D eigenvalue weighted by atomic mass is 9.99. The quantitative estimate of drug-likeness (QED) is 0.447. The molecule has 3 rings (SSSR count). The third-order valence-corrected chi connectivity index (χ3v) is 5.34. The molecule has 1 amide bonds. The van der Waals surface area contributed by atoms with Crippen molar-refractivity contribution in [1.29, 1.82) is 0 Å². The zero-order chi connectivity index (χ0) is 25.0. The summed E-state index contributed by atoms with van der Waals surface area (Å²) in [6.45, 7) is 1.44. The lowest BCUT2D eigenvalue weighted by Crippen LogP contribution is -2.27. The van der Waals surface area contributed by atoms with Crippen molar-refractivity contribution in [2.75, 3.05) is 18.6 Å². The van der Waals surface area contributed by atoms with E-state index in [9.17, 15) is 22.8 Å². The number of nitrogens with zero attached hydrogens (tertiary/aromatic N) is 2. The van der Waals surface area contributed by atoms with Crippen molar-refractivity contribution >= 4 is 29.2 Å². The Morgan fingerprint density at radius 2 is 1.82 bits per heavy atom. The van der Waals surface area contributed by atoms with Gasteiger partial charge in [0.1, 0.15) is 11.4 Å². The number of pyridine rings is 1. The van der Waals surface area contributed by atoms with Crippen molar-refractivity contribution in [3.05, 3.63) is 76.6 Å². The lowest BCUT2D eigenvalue weighted by Gasteiger charge is -2.21. The Morgan fingerprint density at radius 3 is 2.47 bits per heavy atom. The second-order valence-corrected chi connectivity index (χ2v) is 7.81. The highest BCUT2D eigenvalue weighted by Crippen LogP contribution is 2.35. The number of halogens is 4. The first-order chi connectivity index (χ1) is 16.0. The summed E-state index contributed by atoms with van der Waals surface area (Å²) in [7, 11) is 1.53. The van der Waals surface area contributed by atoms with Gasteiger partial charge in [-0.05, 0) is 48.9 Å². The second-order valence-electron chi connectivity index (χ2n) is 7.40. The number of aromatic nitrogens is 1. The third-order valence-electron chi connectivity index (χ3n) is 5.01. The van der Waals surface area contributed by atoms with E-state index in [0.29, 0.717) is 28.1 Å². The van der Waals surface area contributed by atoms with Crippen molar-refractivity contribution in [2.45, 2.75) is 19.5 Å². The number of amides is 1. The van der Waals surface area contributed by atoms with E-state index in [1.165, 1.54) is 37.1 Å². The van der Waals surface area contributed by atoms with Crippen LogP contribution in [0.1, 0.15) is 28.0 Å². The van der Waals surface area contributed by atoms with Gasteiger partial charge in [-0.1, -0.05) is 23.7 Å². The normalized spacial score (nSPS) is 11.2. The van der Waals surface area contributed by atoms with Crippen LogP contribution in [0.15, 0.2) is 54.7 Å². The molecule has 0 atom stereocenters. The Labute approximate surface area is 198 Å². The Kier molecular flexibility index (Phi) is 7.46. The average molecular weight is 493 g/mol. The average Bonchev–Trinajstić information content (AvgIpc) is 2.78. The monoisotopic (exact) mass is 492 g/mol. The summed E-state index contributed by atoms with van der Waals surface area (Å²) in [6.07, 6.45) is -3.69. The fourth-order valence-electron chi connectivity index (χ4n) is 3.27. The van der Waals surface area contributed by atoms with Crippen molar-refractivity contribution in [2.24, 2.45) is 0 Å². The number of carboxylic acids is 1. The minimum absolute atomic E-state index is 0.0698. The molecular formula is C24H20ClF3N2O4. The van der Waals surface area contributed by atoms with Gasteiger partial charge in [0.15, 0.2) is 0 Å². The molecule has 6 nitrogen and oxygen atoms in total. The first-order valence-electron chi connectivity index (χ1n) is 10.0. The van der Waals surface area contributed by atoms with E-state index in [-0.39, 0.29) is 23.6 Å². The number of rotatable bonds is 7. The van der Waals surface area contributed by atoms with E-state index < -0.39 is 23.7 Å². The number of ether oxygens (including phenoxy) is 1. The number of carbonyl (C=O) groups excluding carboxylic acids is 1. The molecule has 2 aromatic carbocycles. The zero-order valence-corrected chi connectivity index (χ0v) is 18.9. The Bertz CT molecular complexity index is 1230. The van der Waals surface area contributed by atoms with Crippen LogP contribution in [0.5, 0.6) is 5.75 Å².